The van der Waals surface area contributed by atoms with Gasteiger partial charge in [0.25, 0.3) is 0 Å². The number of hydrogen-bond donors (Lipinski definition) is 1. The van der Waals surface area contributed by atoms with Gasteiger partial charge in [-0.1, -0.05) is 0 Å². The Morgan fingerprint density at radius 2 is 1.86 bits per heavy atom. The van der Waals surface area contributed by atoms with Crippen molar-refractivity contribution in [2.75, 3.05) is 13.2 Å². The molecular weight excluding hydrogens is 268 g/mol. The van der Waals surface area contributed by atoms with Crippen LogP contribution in [0.2, 0.25) is 0 Å². The Morgan fingerprint density at radius 1 is 1.24 bits per heavy atom. The normalized spacial score (nSPS) is 36.5. The molecule has 1 N–H and O–H groups in total. The summed E-state index contributed by atoms with van der Waals surface area (Å²) in [6.07, 6.45) is 4.02. The highest BCUT2D eigenvalue weighted by Crippen LogP contribution is 2.43. The second-order valence-corrected chi connectivity index (χ2v) is 7.04. The summed E-state index contributed by atoms with van der Waals surface area (Å²) in [6, 6.07) is -0.275. The van der Waals surface area contributed by atoms with Crippen molar-refractivity contribution in [3.63, 3.8) is 0 Å². The molecule has 2 aliphatic heterocycles. The lowest BCUT2D eigenvalue weighted by atomic mass is 9.85. The predicted molar refractivity (Wildman–Crippen MR) is 78.6 cm³/mol. The maximum atomic E-state index is 13.0. The second kappa shape index (κ2) is 5.27. The molecule has 3 fully saturated rings. The monoisotopic (exact) mass is 294 g/mol. The summed E-state index contributed by atoms with van der Waals surface area (Å²) < 4.78 is 5.42. The number of rotatable bonds is 3. The molecule has 5 heteroatoms. The lowest BCUT2D eigenvalue weighted by Crippen LogP contribution is -2.71. The number of hydrogen-bond acceptors (Lipinski definition) is 3. The molecule has 2 saturated heterocycles. The zero-order valence-corrected chi connectivity index (χ0v) is 13.2. The van der Waals surface area contributed by atoms with E-state index >= 15 is 0 Å². The molecule has 0 spiro atoms. The van der Waals surface area contributed by atoms with Gasteiger partial charge in [-0.05, 0) is 58.3 Å². The highest BCUT2D eigenvalue weighted by Gasteiger charge is 2.55. The molecule has 2 heterocycles. The fourth-order valence-electron chi connectivity index (χ4n) is 3.88. The molecule has 0 bridgehead atoms. The van der Waals surface area contributed by atoms with Crippen LogP contribution >= 0.6 is 0 Å². The van der Waals surface area contributed by atoms with Crippen molar-refractivity contribution in [1.29, 1.82) is 0 Å². The minimum Gasteiger partial charge on any atom is -0.381 e. The van der Waals surface area contributed by atoms with E-state index in [1.54, 1.807) is 0 Å². The van der Waals surface area contributed by atoms with E-state index in [1.165, 1.54) is 0 Å². The standard InChI is InChI=1S/C16H26N2O3/c1-10(12-6-8-21-9-7-12)18-11(2)14(19)17-16(3,15(18)20)13-4-5-13/h10-13H,4-9H2,1-3H3,(H,17,19). The third-order valence-corrected chi connectivity index (χ3v) is 5.64. The number of piperazine rings is 1. The molecule has 0 aromatic rings. The van der Waals surface area contributed by atoms with Gasteiger partial charge < -0.3 is 15.0 Å². The van der Waals surface area contributed by atoms with Crippen molar-refractivity contribution in [3.8, 4) is 0 Å². The van der Waals surface area contributed by atoms with Crippen LogP contribution in [0.25, 0.3) is 0 Å². The van der Waals surface area contributed by atoms with Crippen LogP contribution in [0.5, 0.6) is 0 Å². The first-order valence-electron chi connectivity index (χ1n) is 8.17. The van der Waals surface area contributed by atoms with Crippen molar-refractivity contribution < 1.29 is 14.3 Å². The van der Waals surface area contributed by atoms with Crippen LogP contribution in [-0.4, -0.2) is 47.6 Å². The molecule has 2 amide bonds. The summed E-state index contributed by atoms with van der Waals surface area (Å²) in [7, 11) is 0. The lowest BCUT2D eigenvalue weighted by molar-refractivity contribution is -0.159. The van der Waals surface area contributed by atoms with Crippen molar-refractivity contribution >= 4 is 11.8 Å². The highest BCUT2D eigenvalue weighted by molar-refractivity contribution is 6.00. The first-order valence-corrected chi connectivity index (χ1v) is 8.17. The van der Waals surface area contributed by atoms with Gasteiger partial charge in [0.05, 0.1) is 0 Å². The van der Waals surface area contributed by atoms with Gasteiger partial charge in [-0.15, -0.1) is 0 Å². The maximum absolute atomic E-state index is 13.0. The molecule has 21 heavy (non-hydrogen) atoms. The van der Waals surface area contributed by atoms with Gasteiger partial charge in [-0.3, -0.25) is 9.59 Å². The number of ether oxygens (including phenoxy) is 1. The summed E-state index contributed by atoms with van der Waals surface area (Å²) >= 11 is 0. The van der Waals surface area contributed by atoms with Crippen molar-refractivity contribution in [2.24, 2.45) is 11.8 Å². The van der Waals surface area contributed by atoms with E-state index in [1.807, 2.05) is 18.7 Å². The molecule has 0 radical (unpaired) electrons. The van der Waals surface area contributed by atoms with Crippen LogP contribution in [0.4, 0.5) is 0 Å². The van der Waals surface area contributed by atoms with Gasteiger partial charge in [0, 0.05) is 19.3 Å². The van der Waals surface area contributed by atoms with Crippen LogP contribution in [0, 0.1) is 11.8 Å². The fourth-order valence-corrected chi connectivity index (χ4v) is 3.88. The SMILES string of the molecule is CC1C(=O)NC(C)(C2CC2)C(=O)N1C(C)C1CCOCC1. The quantitative estimate of drug-likeness (QED) is 0.854. The molecular formula is C16H26N2O3. The Balaban J connectivity index is 1.83. The number of carbonyl (C=O) groups is 2. The maximum Gasteiger partial charge on any atom is 0.249 e. The van der Waals surface area contributed by atoms with Crippen LogP contribution in [-0.2, 0) is 14.3 Å². The predicted octanol–water partition coefficient (Wildman–Crippen LogP) is 1.32. The zero-order valence-electron chi connectivity index (χ0n) is 13.2. The smallest absolute Gasteiger partial charge is 0.249 e. The van der Waals surface area contributed by atoms with Crippen molar-refractivity contribution in [1.82, 2.24) is 10.2 Å². The lowest BCUT2D eigenvalue weighted by Gasteiger charge is -2.48. The first kappa shape index (κ1) is 14.8. The number of amides is 2. The van der Waals surface area contributed by atoms with Gasteiger partial charge in [0.1, 0.15) is 11.6 Å². The number of carbonyl (C=O) groups excluding carboxylic acids is 2. The molecule has 3 rings (SSSR count). The van der Waals surface area contributed by atoms with Crippen LogP contribution in [0.3, 0.4) is 0 Å². The Kier molecular flexibility index (Phi) is 3.72. The first-order chi connectivity index (χ1) is 9.95. The van der Waals surface area contributed by atoms with Gasteiger partial charge in [0.2, 0.25) is 11.8 Å². The van der Waals surface area contributed by atoms with Crippen molar-refractivity contribution in [3.05, 3.63) is 0 Å². The van der Waals surface area contributed by atoms with E-state index in [2.05, 4.69) is 12.2 Å². The molecule has 1 aliphatic carbocycles. The van der Waals surface area contributed by atoms with E-state index in [4.69, 9.17) is 4.74 Å². The van der Waals surface area contributed by atoms with Crippen LogP contribution < -0.4 is 5.32 Å². The summed E-state index contributed by atoms with van der Waals surface area (Å²) in [5.41, 5.74) is -0.691. The van der Waals surface area contributed by atoms with Crippen molar-refractivity contribution in [2.45, 2.75) is 64.1 Å². The minimum atomic E-state index is -0.691. The molecule has 118 valence electrons. The average molecular weight is 294 g/mol. The van der Waals surface area contributed by atoms with E-state index in [0.29, 0.717) is 11.8 Å². The summed E-state index contributed by atoms with van der Waals surface area (Å²) in [5.74, 6) is 0.837. The average Bonchev–Trinajstić information content (AvgIpc) is 3.31. The molecule has 5 nitrogen and oxygen atoms in total. The number of nitrogens with one attached hydrogen (secondary N) is 1. The van der Waals surface area contributed by atoms with Gasteiger partial charge in [0.15, 0.2) is 0 Å². The molecule has 3 unspecified atom stereocenters. The van der Waals surface area contributed by atoms with Crippen LogP contribution in [0.15, 0.2) is 0 Å². The van der Waals surface area contributed by atoms with E-state index in [-0.39, 0.29) is 23.9 Å². The summed E-state index contributed by atoms with van der Waals surface area (Å²) in [6.45, 7) is 7.36. The highest BCUT2D eigenvalue weighted by atomic mass is 16.5. The number of nitrogens with zero attached hydrogens (tertiary/aromatic N) is 1. The molecule has 3 aliphatic rings. The molecule has 0 aromatic carbocycles. The Hall–Kier alpha value is -1.10. The van der Waals surface area contributed by atoms with E-state index < -0.39 is 5.54 Å². The van der Waals surface area contributed by atoms with Gasteiger partial charge >= 0.3 is 0 Å². The Labute approximate surface area is 126 Å². The Morgan fingerprint density at radius 3 is 2.43 bits per heavy atom. The zero-order chi connectivity index (χ0) is 15.2. The van der Waals surface area contributed by atoms with E-state index in [9.17, 15) is 9.59 Å². The second-order valence-electron chi connectivity index (χ2n) is 7.04. The molecule has 1 saturated carbocycles. The molecule has 0 aromatic heterocycles. The molecule has 3 atom stereocenters. The van der Waals surface area contributed by atoms with Gasteiger partial charge in [-0.2, -0.15) is 0 Å². The summed E-state index contributed by atoms with van der Waals surface area (Å²) in [4.78, 5) is 27.3. The minimum absolute atomic E-state index is 0.0112. The largest absolute Gasteiger partial charge is 0.381 e. The van der Waals surface area contributed by atoms with Gasteiger partial charge in [-0.25, -0.2) is 0 Å². The topological polar surface area (TPSA) is 58.6 Å². The summed E-state index contributed by atoms with van der Waals surface area (Å²) in [5, 5.41) is 2.99. The Bertz CT molecular complexity index is 443. The van der Waals surface area contributed by atoms with E-state index in [0.717, 1.165) is 38.9 Å². The van der Waals surface area contributed by atoms with Crippen LogP contribution in [0.1, 0.15) is 46.5 Å². The fraction of sp³-hybridized carbons (Fsp3) is 0.875. The third-order valence-electron chi connectivity index (χ3n) is 5.64. The third kappa shape index (κ3) is 2.45.